The van der Waals surface area contributed by atoms with Gasteiger partial charge in [0.2, 0.25) is 0 Å². The fourth-order valence-corrected chi connectivity index (χ4v) is 3.92. The van der Waals surface area contributed by atoms with Gasteiger partial charge >= 0.3 is 5.97 Å². The van der Waals surface area contributed by atoms with Gasteiger partial charge in [0, 0.05) is 11.3 Å². The Labute approximate surface area is 169 Å². The molecule has 0 radical (unpaired) electrons. The maximum absolute atomic E-state index is 13.2. The van der Waals surface area contributed by atoms with E-state index in [-0.39, 0.29) is 11.5 Å². The third-order valence-electron chi connectivity index (χ3n) is 5.49. The standard InChI is InChI=1S/C23H23N3O3/c1-15-11-12-17(23(28)29)13-20(15)25-22(27)19-14-24-26(18-9-5-6-10-18)21(19)16-7-3-2-4-8-16/h2-4,7-8,11-14,18H,5-6,9-10H2,1H3,(H,25,27)(H,28,29). The van der Waals surface area contributed by atoms with Gasteiger partial charge in [0.25, 0.3) is 5.91 Å². The molecule has 6 heteroatoms. The third-order valence-corrected chi connectivity index (χ3v) is 5.49. The molecule has 1 aliphatic rings. The first kappa shape index (κ1) is 18.9. The molecule has 1 aromatic heterocycles. The summed E-state index contributed by atoms with van der Waals surface area (Å²) >= 11 is 0. The van der Waals surface area contributed by atoms with Crippen molar-refractivity contribution < 1.29 is 14.7 Å². The van der Waals surface area contributed by atoms with Gasteiger partial charge in [0.05, 0.1) is 29.1 Å². The molecule has 1 aliphatic carbocycles. The predicted molar refractivity (Wildman–Crippen MR) is 111 cm³/mol. The number of nitrogens with zero attached hydrogens (tertiary/aromatic N) is 2. The Hall–Kier alpha value is -3.41. The van der Waals surface area contributed by atoms with Gasteiger partial charge in [-0.25, -0.2) is 4.79 Å². The number of carbonyl (C=O) groups is 2. The average molecular weight is 389 g/mol. The number of benzene rings is 2. The van der Waals surface area contributed by atoms with Crippen molar-refractivity contribution in [1.29, 1.82) is 0 Å². The van der Waals surface area contributed by atoms with Gasteiger partial charge in [-0.1, -0.05) is 49.2 Å². The number of aromatic carboxylic acids is 1. The molecule has 2 aromatic carbocycles. The summed E-state index contributed by atoms with van der Waals surface area (Å²) < 4.78 is 1.98. The molecule has 1 heterocycles. The van der Waals surface area contributed by atoms with Gasteiger partial charge in [-0.15, -0.1) is 0 Å². The summed E-state index contributed by atoms with van der Waals surface area (Å²) in [7, 11) is 0. The number of carboxylic acids is 1. The topological polar surface area (TPSA) is 84.2 Å². The van der Waals surface area contributed by atoms with Gasteiger partial charge in [-0.2, -0.15) is 5.10 Å². The molecule has 6 nitrogen and oxygen atoms in total. The van der Waals surface area contributed by atoms with Crippen LogP contribution in [-0.2, 0) is 0 Å². The number of aryl methyl sites for hydroxylation is 1. The zero-order chi connectivity index (χ0) is 20.4. The monoisotopic (exact) mass is 389 g/mol. The number of amides is 1. The number of nitrogens with one attached hydrogen (secondary N) is 1. The molecular formula is C23H23N3O3. The van der Waals surface area contributed by atoms with E-state index in [0.29, 0.717) is 17.3 Å². The minimum atomic E-state index is -1.03. The van der Waals surface area contributed by atoms with Crippen molar-refractivity contribution in [1.82, 2.24) is 9.78 Å². The Morgan fingerprint density at radius 1 is 1.10 bits per heavy atom. The molecule has 1 fully saturated rings. The zero-order valence-electron chi connectivity index (χ0n) is 16.3. The number of rotatable bonds is 5. The average Bonchev–Trinajstić information content (AvgIpc) is 3.39. The van der Waals surface area contributed by atoms with Crippen molar-refractivity contribution in [2.24, 2.45) is 0 Å². The summed E-state index contributed by atoms with van der Waals surface area (Å²) in [6.45, 7) is 1.83. The van der Waals surface area contributed by atoms with Crippen LogP contribution in [0.4, 0.5) is 5.69 Å². The molecule has 1 amide bonds. The van der Waals surface area contributed by atoms with E-state index in [1.807, 2.05) is 41.9 Å². The summed E-state index contributed by atoms with van der Waals surface area (Å²) in [4.78, 5) is 24.4. The highest BCUT2D eigenvalue weighted by molar-refractivity contribution is 6.08. The highest BCUT2D eigenvalue weighted by Gasteiger charge is 2.26. The second-order valence-corrected chi connectivity index (χ2v) is 7.44. The Morgan fingerprint density at radius 3 is 2.52 bits per heavy atom. The molecule has 148 valence electrons. The van der Waals surface area contributed by atoms with E-state index in [0.717, 1.165) is 29.7 Å². The van der Waals surface area contributed by atoms with Gasteiger partial charge < -0.3 is 10.4 Å². The Balaban J connectivity index is 1.72. The lowest BCUT2D eigenvalue weighted by molar-refractivity contribution is 0.0696. The molecule has 0 aliphatic heterocycles. The first-order valence-electron chi connectivity index (χ1n) is 9.83. The fraction of sp³-hybridized carbons (Fsp3) is 0.261. The molecule has 0 spiro atoms. The first-order valence-corrected chi connectivity index (χ1v) is 9.83. The van der Waals surface area contributed by atoms with E-state index in [1.165, 1.54) is 25.0 Å². The largest absolute Gasteiger partial charge is 0.478 e. The number of aromatic nitrogens is 2. The van der Waals surface area contributed by atoms with E-state index in [4.69, 9.17) is 0 Å². The SMILES string of the molecule is Cc1ccc(C(=O)O)cc1NC(=O)c1cnn(C2CCCC2)c1-c1ccccc1. The minimum absolute atomic E-state index is 0.135. The van der Waals surface area contributed by atoms with Crippen LogP contribution in [0.25, 0.3) is 11.3 Å². The van der Waals surface area contributed by atoms with Gasteiger partial charge in [0.15, 0.2) is 0 Å². The van der Waals surface area contributed by atoms with E-state index >= 15 is 0 Å². The van der Waals surface area contributed by atoms with Crippen LogP contribution in [0.1, 0.15) is 58.0 Å². The van der Waals surface area contributed by atoms with Gasteiger partial charge in [-0.3, -0.25) is 9.48 Å². The lowest BCUT2D eigenvalue weighted by Crippen LogP contribution is -2.15. The van der Waals surface area contributed by atoms with Crippen LogP contribution in [0, 0.1) is 6.92 Å². The van der Waals surface area contributed by atoms with Crippen molar-refractivity contribution in [3.8, 4) is 11.3 Å². The number of anilines is 1. The highest BCUT2D eigenvalue weighted by Crippen LogP contribution is 2.35. The van der Waals surface area contributed by atoms with Crippen LogP contribution in [0.5, 0.6) is 0 Å². The smallest absolute Gasteiger partial charge is 0.335 e. The minimum Gasteiger partial charge on any atom is -0.478 e. The van der Waals surface area contributed by atoms with Crippen molar-refractivity contribution in [2.75, 3.05) is 5.32 Å². The van der Waals surface area contributed by atoms with Crippen molar-refractivity contribution >= 4 is 17.6 Å². The summed E-state index contributed by atoms with van der Waals surface area (Å²) in [6, 6.07) is 14.8. The first-order chi connectivity index (χ1) is 14.0. The van der Waals surface area contributed by atoms with Crippen LogP contribution < -0.4 is 5.32 Å². The Bertz CT molecular complexity index is 1050. The van der Waals surface area contributed by atoms with Crippen molar-refractivity contribution in [3.63, 3.8) is 0 Å². The Morgan fingerprint density at radius 2 is 1.83 bits per heavy atom. The number of carbonyl (C=O) groups excluding carboxylic acids is 1. The molecule has 0 unspecified atom stereocenters. The molecule has 2 N–H and O–H groups in total. The van der Waals surface area contributed by atoms with E-state index in [2.05, 4.69) is 10.4 Å². The quantitative estimate of drug-likeness (QED) is 0.648. The van der Waals surface area contributed by atoms with Crippen molar-refractivity contribution in [2.45, 2.75) is 38.6 Å². The number of hydrogen-bond acceptors (Lipinski definition) is 3. The van der Waals surface area contributed by atoms with E-state index in [9.17, 15) is 14.7 Å². The Kier molecular flexibility index (Phi) is 5.16. The van der Waals surface area contributed by atoms with Gasteiger partial charge in [-0.05, 0) is 37.5 Å². The molecule has 0 atom stereocenters. The molecule has 3 aromatic rings. The number of carboxylic acid groups (broad SMARTS) is 1. The highest BCUT2D eigenvalue weighted by atomic mass is 16.4. The van der Waals surface area contributed by atoms with Crippen LogP contribution in [0.3, 0.4) is 0 Å². The van der Waals surface area contributed by atoms with Crippen LogP contribution >= 0.6 is 0 Å². The second-order valence-electron chi connectivity index (χ2n) is 7.44. The molecule has 1 saturated carbocycles. The fourth-order valence-electron chi connectivity index (χ4n) is 3.92. The lowest BCUT2D eigenvalue weighted by Gasteiger charge is -2.16. The zero-order valence-corrected chi connectivity index (χ0v) is 16.3. The molecule has 0 bridgehead atoms. The summed E-state index contributed by atoms with van der Waals surface area (Å²) in [5.74, 6) is -1.32. The number of hydrogen-bond donors (Lipinski definition) is 2. The summed E-state index contributed by atoms with van der Waals surface area (Å²) in [5.41, 5.74) is 3.66. The van der Waals surface area contributed by atoms with Crippen LogP contribution in [0.15, 0.2) is 54.7 Å². The molecule has 0 saturated heterocycles. The van der Waals surface area contributed by atoms with Crippen molar-refractivity contribution in [3.05, 3.63) is 71.4 Å². The summed E-state index contributed by atoms with van der Waals surface area (Å²) in [5, 5.41) is 16.7. The van der Waals surface area contributed by atoms with Crippen LogP contribution in [-0.4, -0.2) is 26.8 Å². The van der Waals surface area contributed by atoms with E-state index < -0.39 is 5.97 Å². The van der Waals surface area contributed by atoms with E-state index in [1.54, 1.807) is 12.3 Å². The predicted octanol–water partition coefficient (Wildman–Crippen LogP) is 4.92. The van der Waals surface area contributed by atoms with Crippen LogP contribution in [0.2, 0.25) is 0 Å². The maximum atomic E-state index is 13.2. The maximum Gasteiger partial charge on any atom is 0.335 e. The molecular weight excluding hydrogens is 366 g/mol. The second kappa shape index (κ2) is 7.91. The lowest BCUT2D eigenvalue weighted by atomic mass is 10.1. The molecule has 29 heavy (non-hydrogen) atoms. The normalized spacial score (nSPS) is 14.1. The third kappa shape index (κ3) is 3.78. The molecule has 4 rings (SSSR count). The van der Waals surface area contributed by atoms with Gasteiger partial charge in [0.1, 0.15) is 0 Å². The summed E-state index contributed by atoms with van der Waals surface area (Å²) in [6.07, 6.45) is 6.07.